The summed E-state index contributed by atoms with van der Waals surface area (Å²) >= 11 is 0. The molecule has 0 heterocycles. The maximum Gasteiger partial charge on any atom is 0.225 e. The predicted octanol–water partition coefficient (Wildman–Crippen LogP) is 2.82. The van der Waals surface area contributed by atoms with Crippen molar-refractivity contribution in [3.63, 3.8) is 0 Å². The SMILES string of the molecule is CCCOCCC(=O)N(CCC)Cc1cccc(N)c1. The van der Waals surface area contributed by atoms with Gasteiger partial charge in [0, 0.05) is 25.4 Å². The molecule has 112 valence electrons. The molecule has 0 aliphatic heterocycles. The minimum atomic E-state index is 0.144. The highest BCUT2D eigenvalue weighted by atomic mass is 16.5. The van der Waals surface area contributed by atoms with Crippen molar-refractivity contribution in [2.24, 2.45) is 0 Å². The molecule has 1 amide bonds. The van der Waals surface area contributed by atoms with Crippen molar-refractivity contribution in [1.29, 1.82) is 0 Å². The minimum absolute atomic E-state index is 0.144. The van der Waals surface area contributed by atoms with Gasteiger partial charge < -0.3 is 15.4 Å². The van der Waals surface area contributed by atoms with Crippen LogP contribution in [0.3, 0.4) is 0 Å². The number of nitrogens with two attached hydrogens (primary N) is 1. The number of carbonyl (C=O) groups excluding carboxylic acids is 1. The number of hydrogen-bond donors (Lipinski definition) is 1. The van der Waals surface area contributed by atoms with E-state index in [0.29, 0.717) is 19.6 Å². The van der Waals surface area contributed by atoms with Crippen molar-refractivity contribution in [1.82, 2.24) is 4.90 Å². The summed E-state index contributed by atoms with van der Waals surface area (Å²) in [5, 5.41) is 0. The molecule has 4 nitrogen and oxygen atoms in total. The monoisotopic (exact) mass is 278 g/mol. The molecule has 0 aliphatic carbocycles. The van der Waals surface area contributed by atoms with Crippen LogP contribution in [-0.4, -0.2) is 30.6 Å². The molecule has 0 fully saturated rings. The Kier molecular flexibility index (Phi) is 7.73. The fourth-order valence-electron chi connectivity index (χ4n) is 2.04. The Morgan fingerprint density at radius 3 is 2.70 bits per heavy atom. The van der Waals surface area contributed by atoms with Gasteiger partial charge in [-0.3, -0.25) is 4.79 Å². The average Bonchev–Trinajstić information content (AvgIpc) is 2.43. The maximum absolute atomic E-state index is 12.2. The molecule has 0 aromatic heterocycles. The quantitative estimate of drug-likeness (QED) is 0.558. The van der Waals surface area contributed by atoms with Gasteiger partial charge in [-0.1, -0.05) is 26.0 Å². The smallest absolute Gasteiger partial charge is 0.225 e. The zero-order valence-corrected chi connectivity index (χ0v) is 12.6. The zero-order valence-electron chi connectivity index (χ0n) is 12.6. The van der Waals surface area contributed by atoms with Gasteiger partial charge in [-0.2, -0.15) is 0 Å². The number of benzene rings is 1. The molecule has 4 heteroatoms. The normalized spacial score (nSPS) is 10.5. The number of anilines is 1. The Morgan fingerprint density at radius 2 is 2.05 bits per heavy atom. The van der Waals surface area contributed by atoms with Crippen molar-refractivity contribution in [2.75, 3.05) is 25.5 Å². The number of nitrogens with zero attached hydrogens (tertiary/aromatic N) is 1. The molecule has 0 unspecified atom stereocenters. The Labute approximate surface area is 121 Å². The Hall–Kier alpha value is -1.55. The molecule has 1 aromatic carbocycles. The third-order valence-corrected chi connectivity index (χ3v) is 2.98. The second-order valence-electron chi connectivity index (χ2n) is 4.92. The number of carbonyl (C=O) groups is 1. The molecule has 2 N–H and O–H groups in total. The van der Waals surface area contributed by atoms with Crippen molar-refractivity contribution in [2.45, 2.75) is 39.7 Å². The van der Waals surface area contributed by atoms with Crippen LogP contribution >= 0.6 is 0 Å². The second-order valence-corrected chi connectivity index (χ2v) is 4.92. The van der Waals surface area contributed by atoms with Gasteiger partial charge in [0.15, 0.2) is 0 Å². The van der Waals surface area contributed by atoms with E-state index in [0.717, 1.165) is 37.2 Å². The summed E-state index contributed by atoms with van der Waals surface area (Å²) in [5.41, 5.74) is 7.58. The number of nitrogen functional groups attached to an aromatic ring is 1. The van der Waals surface area contributed by atoms with E-state index in [2.05, 4.69) is 13.8 Å². The van der Waals surface area contributed by atoms with Gasteiger partial charge >= 0.3 is 0 Å². The molecular weight excluding hydrogens is 252 g/mol. The molecule has 0 saturated heterocycles. The molecule has 0 spiro atoms. The van der Waals surface area contributed by atoms with E-state index in [1.165, 1.54) is 0 Å². The molecule has 1 rings (SSSR count). The highest BCUT2D eigenvalue weighted by Gasteiger charge is 2.13. The van der Waals surface area contributed by atoms with E-state index < -0.39 is 0 Å². The first-order chi connectivity index (χ1) is 9.67. The molecule has 0 aliphatic rings. The summed E-state index contributed by atoms with van der Waals surface area (Å²) < 4.78 is 5.38. The van der Waals surface area contributed by atoms with Crippen LogP contribution in [0.1, 0.15) is 38.7 Å². The largest absolute Gasteiger partial charge is 0.399 e. The average molecular weight is 278 g/mol. The second kappa shape index (κ2) is 9.37. The van der Waals surface area contributed by atoms with Crippen LogP contribution in [0.4, 0.5) is 5.69 Å². The maximum atomic E-state index is 12.2. The first-order valence-corrected chi connectivity index (χ1v) is 7.37. The zero-order chi connectivity index (χ0) is 14.8. The van der Waals surface area contributed by atoms with Gasteiger partial charge in [-0.05, 0) is 30.5 Å². The fraction of sp³-hybridized carbons (Fsp3) is 0.562. The van der Waals surface area contributed by atoms with E-state index >= 15 is 0 Å². The third-order valence-electron chi connectivity index (χ3n) is 2.98. The van der Waals surface area contributed by atoms with E-state index in [4.69, 9.17) is 10.5 Å². The van der Waals surface area contributed by atoms with E-state index in [1.54, 1.807) is 0 Å². The summed E-state index contributed by atoms with van der Waals surface area (Å²) in [5.74, 6) is 0.144. The van der Waals surface area contributed by atoms with Crippen molar-refractivity contribution >= 4 is 11.6 Å². The van der Waals surface area contributed by atoms with Crippen LogP contribution in [0, 0.1) is 0 Å². The summed E-state index contributed by atoms with van der Waals surface area (Å²) in [6, 6.07) is 7.70. The van der Waals surface area contributed by atoms with Crippen LogP contribution in [0.15, 0.2) is 24.3 Å². The highest BCUT2D eigenvalue weighted by Crippen LogP contribution is 2.11. The van der Waals surface area contributed by atoms with E-state index in [-0.39, 0.29) is 5.91 Å². The first kappa shape index (κ1) is 16.5. The van der Waals surface area contributed by atoms with Crippen LogP contribution in [0.2, 0.25) is 0 Å². The highest BCUT2D eigenvalue weighted by molar-refractivity contribution is 5.76. The van der Waals surface area contributed by atoms with Crippen molar-refractivity contribution in [3.05, 3.63) is 29.8 Å². The molecule has 0 saturated carbocycles. The predicted molar refractivity (Wildman–Crippen MR) is 82.3 cm³/mol. The van der Waals surface area contributed by atoms with E-state index in [1.807, 2.05) is 29.2 Å². The number of hydrogen-bond acceptors (Lipinski definition) is 3. The molecule has 0 atom stereocenters. The molecular formula is C16H26N2O2. The van der Waals surface area contributed by atoms with Gasteiger partial charge in [0.05, 0.1) is 13.0 Å². The van der Waals surface area contributed by atoms with Gasteiger partial charge in [0.2, 0.25) is 5.91 Å². The Balaban J connectivity index is 2.52. The topological polar surface area (TPSA) is 55.6 Å². The first-order valence-electron chi connectivity index (χ1n) is 7.37. The Morgan fingerprint density at radius 1 is 1.25 bits per heavy atom. The molecule has 1 aromatic rings. The van der Waals surface area contributed by atoms with Crippen LogP contribution in [-0.2, 0) is 16.1 Å². The molecule has 20 heavy (non-hydrogen) atoms. The lowest BCUT2D eigenvalue weighted by atomic mass is 10.2. The summed E-state index contributed by atoms with van der Waals surface area (Å²) in [4.78, 5) is 14.1. The molecule has 0 bridgehead atoms. The summed E-state index contributed by atoms with van der Waals surface area (Å²) in [6.45, 7) is 6.74. The van der Waals surface area contributed by atoms with Gasteiger partial charge in [-0.15, -0.1) is 0 Å². The third kappa shape index (κ3) is 6.06. The summed E-state index contributed by atoms with van der Waals surface area (Å²) in [7, 11) is 0. The van der Waals surface area contributed by atoms with E-state index in [9.17, 15) is 4.79 Å². The van der Waals surface area contributed by atoms with Gasteiger partial charge in [0.25, 0.3) is 0 Å². The van der Waals surface area contributed by atoms with Crippen LogP contribution < -0.4 is 5.73 Å². The summed E-state index contributed by atoms with van der Waals surface area (Å²) in [6.07, 6.45) is 2.38. The standard InChI is InChI=1S/C16H26N2O2/c1-3-9-18(16(19)8-11-20-10-4-2)13-14-6-5-7-15(17)12-14/h5-7,12H,3-4,8-11,13,17H2,1-2H3. The minimum Gasteiger partial charge on any atom is -0.399 e. The van der Waals surface area contributed by atoms with Gasteiger partial charge in [0.1, 0.15) is 0 Å². The fourth-order valence-corrected chi connectivity index (χ4v) is 2.04. The number of rotatable bonds is 9. The number of amides is 1. The van der Waals surface area contributed by atoms with Crippen LogP contribution in [0.25, 0.3) is 0 Å². The van der Waals surface area contributed by atoms with Crippen molar-refractivity contribution in [3.8, 4) is 0 Å². The van der Waals surface area contributed by atoms with Crippen molar-refractivity contribution < 1.29 is 9.53 Å². The Bertz CT molecular complexity index is 407. The lowest BCUT2D eigenvalue weighted by molar-refractivity contribution is -0.133. The number of ether oxygens (including phenoxy) is 1. The van der Waals surface area contributed by atoms with Crippen LogP contribution in [0.5, 0.6) is 0 Å². The lowest BCUT2D eigenvalue weighted by Crippen LogP contribution is -2.32. The molecule has 0 radical (unpaired) electrons. The lowest BCUT2D eigenvalue weighted by Gasteiger charge is -2.22. The van der Waals surface area contributed by atoms with Gasteiger partial charge in [-0.25, -0.2) is 0 Å².